The summed E-state index contributed by atoms with van der Waals surface area (Å²) in [5.41, 5.74) is 1.18. The molecule has 120 valence electrons. The second kappa shape index (κ2) is 7.42. The molecule has 0 fully saturated rings. The topological polar surface area (TPSA) is 89.9 Å². The molecule has 2 atom stereocenters. The third-order valence-electron chi connectivity index (χ3n) is 3.26. The molecule has 2 unspecified atom stereocenters. The van der Waals surface area contributed by atoms with Crippen LogP contribution in [0, 0.1) is 0 Å². The van der Waals surface area contributed by atoms with Gasteiger partial charge in [-0.2, -0.15) is 0 Å². The summed E-state index contributed by atoms with van der Waals surface area (Å²) >= 11 is 0. The van der Waals surface area contributed by atoms with Gasteiger partial charge in [0.05, 0.1) is 17.5 Å². The number of nitrogens with zero attached hydrogens (tertiary/aromatic N) is 1. The lowest BCUT2D eigenvalue weighted by Gasteiger charge is -2.26. The number of benzene rings is 2. The molecule has 0 aliphatic heterocycles. The van der Waals surface area contributed by atoms with E-state index in [0.29, 0.717) is 11.4 Å². The van der Waals surface area contributed by atoms with E-state index in [0.717, 1.165) is 0 Å². The summed E-state index contributed by atoms with van der Waals surface area (Å²) in [7, 11) is 0. The Morgan fingerprint density at radius 3 is 1.74 bits per heavy atom. The van der Waals surface area contributed by atoms with Crippen molar-refractivity contribution in [3.8, 4) is 0 Å². The highest BCUT2D eigenvalue weighted by molar-refractivity contribution is 6.00. The number of carbonyl (C=O) groups excluding carboxylic acids is 1. The summed E-state index contributed by atoms with van der Waals surface area (Å²) in [4.78, 5) is 25.1. The maximum atomic E-state index is 12.6. The molecule has 0 radical (unpaired) electrons. The molecule has 3 N–H and O–H groups in total. The van der Waals surface area contributed by atoms with Crippen LogP contribution in [-0.4, -0.2) is 34.4 Å². The molecule has 2 rings (SSSR count). The summed E-state index contributed by atoms with van der Waals surface area (Å²) < 4.78 is 0. The Hall–Kier alpha value is -2.86. The number of para-hydroxylation sites is 2. The molecule has 6 heteroatoms. The Labute approximate surface area is 134 Å². The summed E-state index contributed by atoms with van der Waals surface area (Å²) in [6.45, 7) is 1.31. The molecule has 0 heterocycles. The van der Waals surface area contributed by atoms with Crippen molar-refractivity contribution in [2.75, 3.05) is 4.90 Å². The number of nitrogens with one attached hydrogen (secondary N) is 1. The molecule has 0 bridgehead atoms. The summed E-state index contributed by atoms with van der Waals surface area (Å²) in [6.07, 6.45) is -1.22. The molecule has 23 heavy (non-hydrogen) atoms. The Balaban J connectivity index is 2.34. The standard InChI is InChI=1S/C17H18N2O4/c1-12(20)15(16(21)22)18-17(23)19(13-8-4-2-5-9-13)14-10-6-3-7-11-14/h2-12,15,20H,1H3,(H,18,23)(H,21,22). The van der Waals surface area contributed by atoms with Crippen LogP contribution in [0.25, 0.3) is 0 Å². The molecule has 2 aromatic carbocycles. The minimum atomic E-state index is -1.39. The fraction of sp³-hybridized carbons (Fsp3) is 0.176. The van der Waals surface area contributed by atoms with Crippen LogP contribution < -0.4 is 10.2 Å². The number of anilines is 2. The van der Waals surface area contributed by atoms with Gasteiger partial charge >= 0.3 is 12.0 Å². The van der Waals surface area contributed by atoms with Gasteiger partial charge in [-0.25, -0.2) is 9.59 Å². The third kappa shape index (κ3) is 4.08. The Bertz CT molecular complexity index is 619. The van der Waals surface area contributed by atoms with E-state index in [1.165, 1.54) is 11.8 Å². The van der Waals surface area contributed by atoms with Crippen LogP contribution in [0.5, 0.6) is 0 Å². The van der Waals surface area contributed by atoms with E-state index in [2.05, 4.69) is 5.32 Å². The average Bonchev–Trinajstić information content (AvgIpc) is 2.54. The number of aliphatic hydroxyl groups excluding tert-OH is 1. The zero-order valence-corrected chi connectivity index (χ0v) is 12.6. The molecule has 0 saturated carbocycles. The number of hydrogen-bond acceptors (Lipinski definition) is 3. The number of carboxylic acids is 1. The van der Waals surface area contributed by atoms with Crippen molar-refractivity contribution < 1.29 is 19.8 Å². The molecule has 0 aliphatic carbocycles. The molecule has 6 nitrogen and oxygen atoms in total. The SMILES string of the molecule is CC(O)C(NC(=O)N(c1ccccc1)c1ccccc1)C(=O)O. The van der Waals surface area contributed by atoms with Gasteiger partial charge in [-0.15, -0.1) is 0 Å². The van der Waals surface area contributed by atoms with Gasteiger partial charge in [0, 0.05) is 0 Å². The first-order chi connectivity index (χ1) is 11.0. The number of urea groups is 1. The van der Waals surface area contributed by atoms with Gasteiger partial charge in [0.15, 0.2) is 6.04 Å². The van der Waals surface area contributed by atoms with Gasteiger partial charge in [-0.1, -0.05) is 36.4 Å². The van der Waals surface area contributed by atoms with Crippen molar-refractivity contribution in [2.24, 2.45) is 0 Å². The van der Waals surface area contributed by atoms with Crippen LogP contribution >= 0.6 is 0 Å². The zero-order valence-electron chi connectivity index (χ0n) is 12.6. The van der Waals surface area contributed by atoms with Gasteiger partial charge in [0.25, 0.3) is 0 Å². The lowest BCUT2D eigenvalue weighted by atomic mass is 10.2. The summed E-state index contributed by atoms with van der Waals surface area (Å²) in [6, 6.07) is 15.7. The number of carboxylic acid groups (broad SMARTS) is 1. The zero-order chi connectivity index (χ0) is 16.8. The van der Waals surface area contributed by atoms with E-state index >= 15 is 0 Å². The first-order valence-electron chi connectivity index (χ1n) is 7.12. The normalized spacial score (nSPS) is 13.0. The van der Waals surface area contributed by atoms with Gasteiger partial charge < -0.3 is 15.5 Å². The molecular weight excluding hydrogens is 296 g/mol. The first-order valence-corrected chi connectivity index (χ1v) is 7.12. The Morgan fingerprint density at radius 2 is 1.39 bits per heavy atom. The second-order valence-corrected chi connectivity index (χ2v) is 5.01. The van der Waals surface area contributed by atoms with Gasteiger partial charge in [0.2, 0.25) is 0 Å². The van der Waals surface area contributed by atoms with Crippen LogP contribution in [0.3, 0.4) is 0 Å². The van der Waals surface area contributed by atoms with E-state index in [4.69, 9.17) is 5.11 Å². The largest absolute Gasteiger partial charge is 0.480 e. The molecular formula is C17H18N2O4. The number of amides is 2. The lowest BCUT2D eigenvalue weighted by Crippen LogP contribution is -2.51. The van der Waals surface area contributed by atoms with E-state index in [-0.39, 0.29) is 0 Å². The number of hydrogen-bond donors (Lipinski definition) is 3. The molecule has 0 aliphatic rings. The predicted octanol–water partition coefficient (Wildman–Crippen LogP) is 2.37. The van der Waals surface area contributed by atoms with E-state index in [9.17, 15) is 14.7 Å². The van der Waals surface area contributed by atoms with Crippen LogP contribution in [-0.2, 0) is 4.79 Å². The molecule has 2 aromatic rings. The smallest absolute Gasteiger partial charge is 0.328 e. The van der Waals surface area contributed by atoms with Gasteiger partial charge in [0.1, 0.15) is 0 Å². The second-order valence-electron chi connectivity index (χ2n) is 5.01. The molecule has 0 spiro atoms. The fourth-order valence-electron chi connectivity index (χ4n) is 2.12. The molecule has 0 aromatic heterocycles. The van der Waals surface area contributed by atoms with Crippen LogP contribution in [0.2, 0.25) is 0 Å². The van der Waals surface area contributed by atoms with Gasteiger partial charge in [-0.3, -0.25) is 4.90 Å². The fourth-order valence-corrected chi connectivity index (χ4v) is 2.12. The number of carbonyl (C=O) groups is 2. The maximum absolute atomic E-state index is 12.6. The highest BCUT2D eigenvalue weighted by atomic mass is 16.4. The van der Waals surface area contributed by atoms with E-state index < -0.39 is 24.1 Å². The van der Waals surface area contributed by atoms with Crippen molar-refractivity contribution in [1.82, 2.24) is 5.32 Å². The number of rotatable bonds is 5. The summed E-state index contributed by atoms with van der Waals surface area (Å²) in [5.74, 6) is -1.30. The van der Waals surface area contributed by atoms with Gasteiger partial charge in [-0.05, 0) is 31.2 Å². The first kappa shape index (κ1) is 16.5. The molecule has 2 amide bonds. The van der Waals surface area contributed by atoms with Crippen LogP contribution in [0.4, 0.5) is 16.2 Å². The number of aliphatic carboxylic acids is 1. The van der Waals surface area contributed by atoms with E-state index in [1.807, 2.05) is 12.1 Å². The quantitative estimate of drug-likeness (QED) is 0.790. The number of aliphatic hydroxyl groups is 1. The minimum Gasteiger partial charge on any atom is -0.480 e. The lowest BCUT2D eigenvalue weighted by molar-refractivity contribution is -0.141. The summed E-state index contributed by atoms with van der Waals surface area (Å²) in [5, 5.41) is 21.0. The maximum Gasteiger partial charge on any atom is 0.328 e. The average molecular weight is 314 g/mol. The van der Waals surface area contributed by atoms with Crippen molar-refractivity contribution in [2.45, 2.75) is 19.1 Å². The Morgan fingerprint density at radius 1 is 0.957 bits per heavy atom. The predicted molar refractivity (Wildman–Crippen MR) is 86.7 cm³/mol. The van der Waals surface area contributed by atoms with Crippen LogP contribution in [0.1, 0.15) is 6.92 Å². The van der Waals surface area contributed by atoms with Crippen molar-refractivity contribution in [1.29, 1.82) is 0 Å². The monoisotopic (exact) mass is 314 g/mol. The van der Waals surface area contributed by atoms with Crippen molar-refractivity contribution >= 4 is 23.4 Å². The highest BCUT2D eigenvalue weighted by Gasteiger charge is 2.28. The van der Waals surface area contributed by atoms with E-state index in [1.54, 1.807) is 48.5 Å². The van der Waals surface area contributed by atoms with Crippen molar-refractivity contribution in [3.05, 3.63) is 60.7 Å². The highest BCUT2D eigenvalue weighted by Crippen LogP contribution is 2.25. The minimum absolute atomic E-state index is 0.589. The molecule has 0 saturated heterocycles. The van der Waals surface area contributed by atoms with Crippen LogP contribution in [0.15, 0.2) is 60.7 Å². The Kier molecular flexibility index (Phi) is 5.32. The van der Waals surface area contributed by atoms with Crippen molar-refractivity contribution in [3.63, 3.8) is 0 Å². The third-order valence-corrected chi connectivity index (χ3v) is 3.26.